The van der Waals surface area contributed by atoms with Gasteiger partial charge in [-0.15, -0.1) is 0 Å². The third kappa shape index (κ3) is 3.25. The van der Waals surface area contributed by atoms with Gasteiger partial charge in [0.2, 0.25) is 5.91 Å². The van der Waals surface area contributed by atoms with Gasteiger partial charge in [-0.2, -0.15) is 5.10 Å². The van der Waals surface area contributed by atoms with Gasteiger partial charge in [-0.05, 0) is 50.8 Å². The molecule has 170 valence electrons. The monoisotopic (exact) mass is 435 g/mol. The van der Waals surface area contributed by atoms with E-state index in [1.165, 1.54) is 5.69 Å². The average Bonchev–Trinajstić information content (AvgIpc) is 3.13. The predicted molar refractivity (Wildman–Crippen MR) is 122 cm³/mol. The highest BCUT2D eigenvalue weighted by Gasteiger charge is 2.57. The first-order chi connectivity index (χ1) is 15.4. The number of rotatable bonds is 4. The fourth-order valence-corrected chi connectivity index (χ4v) is 5.95. The molecule has 2 amide bonds. The van der Waals surface area contributed by atoms with Gasteiger partial charge in [0.15, 0.2) is 0 Å². The minimum Gasteiger partial charge on any atom is -0.342 e. The normalized spacial score (nSPS) is 22.9. The van der Waals surface area contributed by atoms with Crippen LogP contribution in [0, 0.1) is 0 Å². The van der Waals surface area contributed by atoms with Crippen LogP contribution in [0.5, 0.6) is 0 Å². The summed E-state index contributed by atoms with van der Waals surface area (Å²) in [6.45, 7) is 8.37. The number of hydrogen-bond acceptors (Lipinski definition) is 4. The SMILES string of the molecule is CC(C)N1C(=O)c2ccccc2C(C(=O)N2CCC2)C12CCN(Cc1ccnn1C)CC2. The van der Waals surface area contributed by atoms with Crippen LogP contribution in [0.1, 0.15) is 60.6 Å². The zero-order chi connectivity index (χ0) is 22.5. The van der Waals surface area contributed by atoms with E-state index in [1.54, 1.807) is 0 Å². The maximum atomic E-state index is 13.8. The minimum absolute atomic E-state index is 0.0335. The van der Waals surface area contributed by atoms with Crippen molar-refractivity contribution in [1.29, 1.82) is 0 Å². The molecule has 1 unspecified atom stereocenters. The van der Waals surface area contributed by atoms with Crippen LogP contribution in [0.3, 0.4) is 0 Å². The van der Waals surface area contributed by atoms with E-state index in [2.05, 4.69) is 34.8 Å². The molecule has 1 aromatic carbocycles. The number of hydrogen-bond donors (Lipinski definition) is 0. The molecule has 2 fully saturated rings. The number of likely N-dealkylation sites (tertiary alicyclic amines) is 2. The molecule has 1 atom stereocenters. The molecule has 32 heavy (non-hydrogen) atoms. The molecule has 4 heterocycles. The smallest absolute Gasteiger partial charge is 0.254 e. The van der Waals surface area contributed by atoms with Crippen LogP contribution in [0.4, 0.5) is 0 Å². The second-order valence-corrected chi connectivity index (χ2v) is 9.79. The van der Waals surface area contributed by atoms with Crippen molar-refractivity contribution in [2.75, 3.05) is 26.2 Å². The first kappa shape index (κ1) is 21.2. The van der Waals surface area contributed by atoms with E-state index >= 15 is 0 Å². The molecule has 0 radical (unpaired) electrons. The van der Waals surface area contributed by atoms with Gasteiger partial charge in [0.05, 0.1) is 17.2 Å². The van der Waals surface area contributed by atoms with E-state index in [0.29, 0.717) is 5.56 Å². The van der Waals surface area contributed by atoms with E-state index < -0.39 is 5.54 Å². The molecule has 2 saturated heterocycles. The molecule has 0 bridgehead atoms. The number of piperidine rings is 1. The van der Waals surface area contributed by atoms with Crippen molar-refractivity contribution in [3.8, 4) is 0 Å². The van der Waals surface area contributed by atoms with Crippen molar-refractivity contribution in [1.82, 2.24) is 24.5 Å². The number of amides is 2. The standard InChI is InChI=1S/C25H33N5O2/c1-18(2)30-23(31)21-8-5-4-7-20(21)22(24(32)29-13-6-14-29)25(30)10-15-28(16-11-25)17-19-9-12-26-27(19)3/h4-5,7-9,12,18,22H,6,10-11,13-17H2,1-3H3. The third-order valence-electron chi connectivity index (χ3n) is 7.70. The lowest BCUT2D eigenvalue weighted by Gasteiger charge is -2.57. The zero-order valence-electron chi connectivity index (χ0n) is 19.3. The summed E-state index contributed by atoms with van der Waals surface area (Å²) in [5.74, 6) is -0.0248. The van der Waals surface area contributed by atoms with Gasteiger partial charge in [0.1, 0.15) is 0 Å². The maximum Gasteiger partial charge on any atom is 0.254 e. The van der Waals surface area contributed by atoms with Crippen LogP contribution in [0.25, 0.3) is 0 Å². The lowest BCUT2D eigenvalue weighted by Crippen LogP contribution is -2.67. The fourth-order valence-electron chi connectivity index (χ4n) is 5.95. The summed E-state index contributed by atoms with van der Waals surface area (Å²) in [6.07, 6.45) is 4.50. The van der Waals surface area contributed by atoms with Gasteiger partial charge in [0, 0.05) is 57.6 Å². The highest BCUT2D eigenvalue weighted by Crippen LogP contribution is 2.49. The Balaban J connectivity index is 1.52. The number of carbonyl (C=O) groups is 2. The topological polar surface area (TPSA) is 61.7 Å². The molecule has 0 aliphatic carbocycles. The molecule has 3 aliphatic heterocycles. The number of aromatic nitrogens is 2. The van der Waals surface area contributed by atoms with Gasteiger partial charge in [-0.3, -0.25) is 19.2 Å². The molecule has 5 rings (SSSR count). The van der Waals surface area contributed by atoms with Crippen molar-refractivity contribution < 1.29 is 9.59 Å². The molecule has 0 N–H and O–H groups in total. The van der Waals surface area contributed by atoms with Gasteiger partial charge in [0.25, 0.3) is 5.91 Å². The Morgan fingerprint density at radius 3 is 2.44 bits per heavy atom. The van der Waals surface area contributed by atoms with Crippen LogP contribution in [-0.4, -0.2) is 74.1 Å². The molecule has 3 aliphatic rings. The number of nitrogens with zero attached hydrogens (tertiary/aromatic N) is 5. The minimum atomic E-state index is -0.477. The summed E-state index contributed by atoms with van der Waals surface area (Å²) in [6, 6.07) is 9.88. The summed E-state index contributed by atoms with van der Waals surface area (Å²) < 4.78 is 1.92. The summed E-state index contributed by atoms with van der Waals surface area (Å²) >= 11 is 0. The first-order valence-electron chi connectivity index (χ1n) is 11.8. The summed E-state index contributed by atoms with van der Waals surface area (Å²) in [4.78, 5) is 34.0. The van der Waals surface area contributed by atoms with Crippen LogP contribution < -0.4 is 0 Å². The van der Waals surface area contributed by atoms with Crippen LogP contribution in [-0.2, 0) is 18.4 Å². The Kier molecular flexibility index (Phi) is 5.32. The maximum absolute atomic E-state index is 13.8. The van der Waals surface area contributed by atoms with E-state index in [4.69, 9.17) is 0 Å². The number of benzene rings is 1. The van der Waals surface area contributed by atoms with Crippen LogP contribution >= 0.6 is 0 Å². The molecule has 1 aromatic heterocycles. The van der Waals surface area contributed by atoms with Crippen molar-refractivity contribution in [2.24, 2.45) is 7.05 Å². The van der Waals surface area contributed by atoms with Crippen molar-refractivity contribution in [2.45, 2.75) is 57.2 Å². The third-order valence-corrected chi connectivity index (χ3v) is 7.70. The number of carbonyl (C=O) groups excluding carboxylic acids is 2. The lowest BCUT2D eigenvalue weighted by atomic mass is 9.66. The molecule has 2 aromatic rings. The molecular formula is C25H33N5O2. The van der Waals surface area contributed by atoms with Crippen molar-refractivity contribution in [3.05, 3.63) is 53.3 Å². The molecular weight excluding hydrogens is 402 g/mol. The van der Waals surface area contributed by atoms with E-state index in [9.17, 15) is 9.59 Å². The summed E-state index contributed by atoms with van der Waals surface area (Å²) in [7, 11) is 1.97. The second kappa shape index (κ2) is 8.03. The van der Waals surface area contributed by atoms with Crippen LogP contribution in [0.15, 0.2) is 36.5 Å². The second-order valence-electron chi connectivity index (χ2n) is 9.79. The Morgan fingerprint density at radius 2 is 1.84 bits per heavy atom. The largest absolute Gasteiger partial charge is 0.342 e. The zero-order valence-corrected chi connectivity index (χ0v) is 19.3. The average molecular weight is 436 g/mol. The Hall–Kier alpha value is -2.67. The van der Waals surface area contributed by atoms with E-state index in [1.807, 2.05) is 47.1 Å². The van der Waals surface area contributed by atoms with Gasteiger partial charge in [-0.25, -0.2) is 0 Å². The van der Waals surface area contributed by atoms with E-state index in [-0.39, 0.29) is 23.8 Å². The van der Waals surface area contributed by atoms with Crippen molar-refractivity contribution in [3.63, 3.8) is 0 Å². The Morgan fingerprint density at radius 1 is 1.12 bits per heavy atom. The number of aryl methyl sites for hydroxylation is 1. The predicted octanol–water partition coefficient (Wildman–Crippen LogP) is 2.64. The van der Waals surface area contributed by atoms with Gasteiger partial charge < -0.3 is 9.80 Å². The summed E-state index contributed by atoms with van der Waals surface area (Å²) in [5.41, 5.74) is 2.32. The highest BCUT2D eigenvalue weighted by atomic mass is 16.2. The quantitative estimate of drug-likeness (QED) is 0.741. The lowest BCUT2D eigenvalue weighted by molar-refractivity contribution is -0.142. The Bertz CT molecular complexity index is 1020. The Labute approximate surface area is 190 Å². The van der Waals surface area contributed by atoms with Gasteiger partial charge in [-0.1, -0.05) is 18.2 Å². The molecule has 0 saturated carbocycles. The summed E-state index contributed by atoms with van der Waals surface area (Å²) in [5, 5.41) is 4.29. The van der Waals surface area contributed by atoms with Crippen LogP contribution in [0.2, 0.25) is 0 Å². The molecule has 7 heteroatoms. The highest BCUT2D eigenvalue weighted by molar-refractivity contribution is 6.02. The van der Waals surface area contributed by atoms with E-state index in [0.717, 1.165) is 57.5 Å². The fraction of sp³-hybridized carbons (Fsp3) is 0.560. The van der Waals surface area contributed by atoms with Crippen molar-refractivity contribution >= 4 is 11.8 Å². The number of fused-ring (bicyclic) bond motifs is 1. The molecule has 7 nitrogen and oxygen atoms in total. The van der Waals surface area contributed by atoms with Gasteiger partial charge >= 0.3 is 0 Å². The first-order valence-corrected chi connectivity index (χ1v) is 11.8. The molecule has 1 spiro atoms.